The third-order valence-corrected chi connectivity index (χ3v) is 6.42. The van der Waals surface area contributed by atoms with Gasteiger partial charge in [-0.3, -0.25) is 0 Å². The smallest absolute Gasteiger partial charge is 0.262 e. The number of halogens is 1. The van der Waals surface area contributed by atoms with Crippen molar-refractivity contribution in [1.82, 2.24) is 13.9 Å². The number of fused-ring (bicyclic) bond motifs is 1. The van der Waals surface area contributed by atoms with Crippen LogP contribution in [0.4, 0.5) is 0 Å². The number of sulfonamides is 1. The van der Waals surface area contributed by atoms with Crippen molar-refractivity contribution in [3.05, 3.63) is 12.5 Å². The highest BCUT2D eigenvalue weighted by molar-refractivity contribution is 7.89. The summed E-state index contributed by atoms with van der Waals surface area (Å²) in [5, 5.41) is 0.159. The molecule has 1 aliphatic heterocycles. The predicted octanol–water partition coefficient (Wildman–Crippen LogP) is 1.07. The lowest BCUT2D eigenvalue weighted by Crippen LogP contribution is -2.38. The molecule has 1 saturated carbocycles. The maximum Gasteiger partial charge on any atom is 0.262 e. The molecule has 1 aliphatic carbocycles. The van der Waals surface area contributed by atoms with Crippen molar-refractivity contribution in [2.75, 3.05) is 13.1 Å². The molecule has 2 fully saturated rings. The molecule has 2 aliphatic rings. The quantitative estimate of drug-likeness (QED) is 0.896. The summed E-state index contributed by atoms with van der Waals surface area (Å²) in [6.45, 7) is 3.83. The van der Waals surface area contributed by atoms with Crippen LogP contribution >= 0.6 is 12.4 Å². The topological polar surface area (TPSA) is 81.2 Å². The molecule has 3 unspecified atom stereocenters. The molecule has 0 radical (unpaired) electrons. The number of nitrogens with two attached hydrogens (primary N) is 1. The van der Waals surface area contributed by atoms with Gasteiger partial charge in [-0.05, 0) is 31.6 Å². The summed E-state index contributed by atoms with van der Waals surface area (Å²) in [6, 6.07) is 0.141. The van der Waals surface area contributed by atoms with Crippen LogP contribution in [0.15, 0.2) is 17.6 Å². The van der Waals surface area contributed by atoms with Gasteiger partial charge in [0.25, 0.3) is 10.0 Å². The Kier molecular flexibility index (Phi) is 4.97. The average molecular weight is 335 g/mol. The summed E-state index contributed by atoms with van der Waals surface area (Å²) in [7, 11) is -3.46. The lowest BCUT2D eigenvalue weighted by molar-refractivity contribution is 0.260. The Morgan fingerprint density at radius 3 is 2.76 bits per heavy atom. The largest absolute Gasteiger partial charge is 0.336 e. The lowest BCUT2D eigenvalue weighted by Gasteiger charge is -2.29. The standard InChI is InChI=1S/C13H22N4O2S.ClH/c1-2-16-8-13(15-9-16)20(18,19)17-6-10-4-3-5-12(14)11(10)7-17;/h8-12H,2-7,14H2,1H3;1H. The molecule has 0 aromatic carbocycles. The Morgan fingerprint density at radius 1 is 1.38 bits per heavy atom. The highest BCUT2D eigenvalue weighted by atomic mass is 35.5. The minimum absolute atomic E-state index is 0. The number of aromatic nitrogens is 2. The molecular formula is C13H23ClN4O2S. The van der Waals surface area contributed by atoms with Crippen LogP contribution in [0.25, 0.3) is 0 Å². The van der Waals surface area contributed by atoms with Gasteiger partial charge in [0.2, 0.25) is 0 Å². The van der Waals surface area contributed by atoms with Crippen molar-refractivity contribution in [3.8, 4) is 0 Å². The fourth-order valence-corrected chi connectivity index (χ4v) is 4.92. The maximum atomic E-state index is 12.6. The van der Waals surface area contributed by atoms with Gasteiger partial charge in [0.1, 0.15) is 0 Å². The Hall–Kier alpha value is -0.630. The average Bonchev–Trinajstić information content (AvgIpc) is 3.06. The molecule has 0 amide bonds. The SMILES string of the molecule is CCn1cnc(S(=O)(=O)N2CC3CCCC(N)C3C2)c1.Cl. The lowest BCUT2D eigenvalue weighted by atomic mass is 9.78. The number of imidazole rings is 1. The Balaban J connectivity index is 0.00000161. The minimum Gasteiger partial charge on any atom is -0.336 e. The zero-order valence-corrected chi connectivity index (χ0v) is 13.8. The Bertz CT molecular complexity index is 589. The third-order valence-electron chi connectivity index (χ3n) is 4.70. The summed E-state index contributed by atoms with van der Waals surface area (Å²) < 4.78 is 28.6. The second kappa shape index (κ2) is 6.24. The normalized spacial score (nSPS) is 29.9. The van der Waals surface area contributed by atoms with Crippen LogP contribution in [0.5, 0.6) is 0 Å². The van der Waals surface area contributed by atoms with Gasteiger partial charge in [-0.15, -0.1) is 12.4 Å². The van der Waals surface area contributed by atoms with Crippen LogP contribution in [0.1, 0.15) is 26.2 Å². The number of aryl methyl sites for hydroxylation is 1. The van der Waals surface area contributed by atoms with Crippen LogP contribution in [0.2, 0.25) is 0 Å². The van der Waals surface area contributed by atoms with Gasteiger partial charge >= 0.3 is 0 Å². The molecule has 2 heterocycles. The summed E-state index contributed by atoms with van der Waals surface area (Å²) in [5.74, 6) is 0.730. The van der Waals surface area contributed by atoms with Crippen LogP contribution in [-0.4, -0.2) is 41.4 Å². The van der Waals surface area contributed by atoms with Gasteiger partial charge < -0.3 is 10.3 Å². The zero-order chi connectivity index (χ0) is 14.3. The second-order valence-electron chi connectivity index (χ2n) is 5.88. The first-order valence-corrected chi connectivity index (χ1v) is 8.74. The van der Waals surface area contributed by atoms with Crippen molar-refractivity contribution in [2.24, 2.45) is 17.6 Å². The molecule has 3 atom stereocenters. The van der Waals surface area contributed by atoms with Crippen LogP contribution < -0.4 is 5.73 Å². The molecule has 1 saturated heterocycles. The summed E-state index contributed by atoms with van der Waals surface area (Å²) in [6.07, 6.45) is 6.40. The van der Waals surface area contributed by atoms with E-state index in [2.05, 4.69) is 4.98 Å². The van der Waals surface area contributed by atoms with Gasteiger partial charge in [0.15, 0.2) is 5.03 Å². The van der Waals surface area contributed by atoms with Crippen molar-refractivity contribution in [1.29, 1.82) is 0 Å². The van der Waals surface area contributed by atoms with Crippen LogP contribution in [0.3, 0.4) is 0 Å². The molecule has 1 aromatic heterocycles. The van der Waals surface area contributed by atoms with E-state index in [-0.39, 0.29) is 23.5 Å². The highest BCUT2D eigenvalue weighted by Crippen LogP contribution is 2.37. The van der Waals surface area contributed by atoms with E-state index in [1.54, 1.807) is 21.4 Å². The van der Waals surface area contributed by atoms with Crippen molar-refractivity contribution in [2.45, 2.75) is 43.8 Å². The van der Waals surface area contributed by atoms with E-state index in [1.807, 2.05) is 6.92 Å². The van der Waals surface area contributed by atoms with E-state index >= 15 is 0 Å². The van der Waals surface area contributed by atoms with E-state index in [0.717, 1.165) is 25.8 Å². The highest BCUT2D eigenvalue weighted by Gasteiger charge is 2.43. The molecule has 3 rings (SSSR count). The van der Waals surface area contributed by atoms with Crippen LogP contribution in [-0.2, 0) is 16.6 Å². The van der Waals surface area contributed by atoms with Gasteiger partial charge in [0, 0.05) is 31.9 Å². The van der Waals surface area contributed by atoms with E-state index < -0.39 is 10.0 Å². The van der Waals surface area contributed by atoms with E-state index in [0.29, 0.717) is 24.9 Å². The predicted molar refractivity (Wildman–Crippen MR) is 82.7 cm³/mol. The first kappa shape index (κ1) is 16.7. The molecular weight excluding hydrogens is 312 g/mol. The van der Waals surface area contributed by atoms with Gasteiger partial charge in [-0.2, -0.15) is 4.31 Å². The van der Waals surface area contributed by atoms with Crippen molar-refractivity contribution < 1.29 is 8.42 Å². The van der Waals surface area contributed by atoms with Gasteiger partial charge in [0.05, 0.1) is 6.33 Å². The monoisotopic (exact) mass is 334 g/mol. The number of nitrogens with zero attached hydrogens (tertiary/aromatic N) is 3. The molecule has 0 spiro atoms. The van der Waals surface area contributed by atoms with Crippen molar-refractivity contribution >= 4 is 22.4 Å². The second-order valence-corrected chi connectivity index (χ2v) is 7.77. The molecule has 21 heavy (non-hydrogen) atoms. The number of rotatable bonds is 3. The fourth-order valence-electron chi connectivity index (χ4n) is 3.45. The number of hydrogen-bond acceptors (Lipinski definition) is 4. The third kappa shape index (κ3) is 2.97. The number of hydrogen-bond donors (Lipinski definition) is 1. The van der Waals surface area contributed by atoms with E-state index in [1.165, 1.54) is 0 Å². The molecule has 8 heteroatoms. The molecule has 6 nitrogen and oxygen atoms in total. The Labute approximate surface area is 132 Å². The van der Waals surface area contributed by atoms with Crippen molar-refractivity contribution in [3.63, 3.8) is 0 Å². The molecule has 2 N–H and O–H groups in total. The van der Waals surface area contributed by atoms with E-state index in [9.17, 15) is 8.42 Å². The van der Waals surface area contributed by atoms with E-state index in [4.69, 9.17) is 5.73 Å². The van der Waals surface area contributed by atoms with Gasteiger partial charge in [-0.25, -0.2) is 13.4 Å². The molecule has 0 bridgehead atoms. The zero-order valence-electron chi connectivity index (χ0n) is 12.2. The Morgan fingerprint density at radius 2 is 2.14 bits per heavy atom. The summed E-state index contributed by atoms with van der Waals surface area (Å²) >= 11 is 0. The molecule has 1 aromatic rings. The van der Waals surface area contributed by atoms with Crippen LogP contribution in [0, 0.1) is 11.8 Å². The first-order valence-electron chi connectivity index (χ1n) is 7.30. The molecule has 120 valence electrons. The minimum atomic E-state index is -3.46. The van der Waals surface area contributed by atoms with Gasteiger partial charge in [-0.1, -0.05) is 6.42 Å². The first-order chi connectivity index (χ1) is 9.52. The maximum absolute atomic E-state index is 12.6. The fraction of sp³-hybridized carbons (Fsp3) is 0.769. The summed E-state index contributed by atoms with van der Waals surface area (Å²) in [5.41, 5.74) is 6.15. The summed E-state index contributed by atoms with van der Waals surface area (Å²) in [4.78, 5) is 4.04.